The van der Waals surface area contributed by atoms with Crippen molar-refractivity contribution in [1.29, 1.82) is 0 Å². The van der Waals surface area contributed by atoms with Crippen LogP contribution < -0.4 is 5.73 Å². The molecule has 0 aliphatic heterocycles. The van der Waals surface area contributed by atoms with Gasteiger partial charge in [0.15, 0.2) is 0 Å². The number of anilines is 1. The summed E-state index contributed by atoms with van der Waals surface area (Å²) >= 11 is 3.22. The summed E-state index contributed by atoms with van der Waals surface area (Å²) in [5.41, 5.74) is 6.60. The molecule has 0 fully saturated rings. The Morgan fingerprint density at radius 3 is 2.64 bits per heavy atom. The third-order valence-corrected chi connectivity index (χ3v) is 2.83. The molecule has 2 N–H and O–H groups in total. The zero-order valence-electron chi connectivity index (χ0n) is 6.50. The predicted molar refractivity (Wildman–Crippen MR) is 52.2 cm³/mol. The standard InChI is InChI=1S/C7H10N2S2/c1-10-5-3-4-9-7(11-2)6(5)8/h3-4H,8H2,1-2H3. The highest BCUT2D eigenvalue weighted by atomic mass is 32.2. The normalized spacial score (nSPS) is 10.0. The smallest absolute Gasteiger partial charge is 0.120 e. The number of rotatable bonds is 2. The van der Waals surface area contributed by atoms with Crippen molar-refractivity contribution in [3.8, 4) is 0 Å². The van der Waals surface area contributed by atoms with Crippen molar-refractivity contribution in [3.05, 3.63) is 12.3 Å². The molecule has 0 bridgehead atoms. The van der Waals surface area contributed by atoms with Crippen molar-refractivity contribution in [1.82, 2.24) is 4.98 Å². The highest BCUT2D eigenvalue weighted by Gasteiger charge is 2.02. The summed E-state index contributed by atoms with van der Waals surface area (Å²) in [5.74, 6) is 0. The summed E-state index contributed by atoms with van der Waals surface area (Å²) in [6.45, 7) is 0. The first-order chi connectivity index (χ1) is 5.29. The van der Waals surface area contributed by atoms with Crippen LogP contribution >= 0.6 is 23.5 Å². The number of hydrogen-bond acceptors (Lipinski definition) is 4. The average Bonchev–Trinajstić information content (AvgIpc) is 2.05. The minimum atomic E-state index is 0.799. The molecule has 60 valence electrons. The molecule has 1 heterocycles. The van der Waals surface area contributed by atoms with Crippen LogP contribution in [0.15, 0.2) is 22.2 Å². The van der Waals surface area contributed by atoms with Gasteiger partial charge in [0, 0.05) is 11.1 Å². The van der Waals surface area contributed by atoms with E-state index in [2.05, 4.69) is 4.98 Å². The van der Waals surface area contributed by atoms with Gasteiger partial charge in [-0.1, -0.05) is 0 Å². The first-order valence-electron chi connectivity index (χ1n) is 3.12. The Hall–Kier alpha value is -0.350. The van der Waals surface area contributed by atoms with Gasteiger partial charge in [0.25, 0.3) is 0 Å². The van der Waals surface area contributed by atoms with Crippen LogP contribution in [0.25, 0.3) is 0 Å². The zero-order chi connectivity index (χ0) is 8.27. The molecule has 1 aromatic heterocycles. The quantitative estimate of drug-likeness (QED) is 0.718. The molecule has 0 aliphatic carbocycles. The van der Waals surface area contributed by atoms with Gasteiger partial charge in [0.2, 0.25) is 0 Å². The highest BCUT2D eigenvalue weighted by molar-refractivity contribution is 7.99. The van der Waals surface area contributed by atoms with Crippen LogP contribution in [0.1, 0.15) is 0 Å². The van der Waals surface area contributed by atoms with E-state index in [4.69, 9.17) is 5.73 Å². The molecule has 2 nitrogen and oxygen atoms in total. The molecule has 0 radical (unpaired) electrons. The molecule has 0 atom stereocenters. The van der Waals surface area contributed by atoms with E-state index in [0.29, 0.717) is 0 Å². The van der Waals surface area contributed by atoms with Gasteiger partial charge in [-0.05, 0) is 18.6 Å². The van der Waals surface area contributed by atoms with E-state index in [-0.39, 0.29) is 0 Å². The predicted octanol–water partition coefficient (Wildman–Crippen LogP) is 2.11. The van der Waals surface area contributed by atoms with Crippen molar-refractivity contribution < 1.29 is 0 Å². The number of aromatic nitrogens is 1. The maximum Gasteiger partial charge on any atom is 0.120 e. The van der Waals surface area contributed by atoms with E-state index in [1.165, 1.54) is 0 Å². The first kappa shape index (κ1) is 8.74. The fraction of sp³-hybridized carbons (Fsp3) is 0.286. The Labute approximate surface area is 75.0 Å². The van der Waals surface area contributed by atoms with Crippen LogP contribution in [0.5, 0.6) is 0 Å². The second kappa shape index (κ2) is 3.88. The van der Waals surface area contributed by atoms with E-state index >= 15 is 0 Å². The lowest BCUT2D eigenvalue weighted by atomic mass is 10.4. The Kier molecular flexibility index (Phi) is 3.08. The second-order valence-electron chi connectivity index (χ2n) is 1.94. The van der Waals surface area contributed by atoms with Gasteiger partial charge < -0.3 is 5.73 Å². The van der Waals surface area contributed by atoms with Crippen molar-refractivity contribution >= 4 is 29.2 Å². The number of hydrogen-bond donors (Lipinski definition) is 1. The Morgan fingerprint density at radius 1 is 1.36 bits per heavy atom. The van der Waals surface area contributed by atoms with Gasteiger partial charge in [0.1, 0.15) is 5.03 Å². The summed E-state index contributed by atoms with van der Waals surface area (Å²) in [5, 5.41) is 0.914. The second-order valence-corrected chi connectivity index (χ2v) is 3.58. The fourth-order valence-corrected chi connectivity index (χ4v) is 1.85. The molecule has 0 amide bonds. The molecule has 0 aliphatic rings. The topological polar surface area (TPSA) is 38.9 Å². The lowest BCUT2D eigenvalue weighted by Crippen LogP contribution is -1.93. The Balaban J connectivity index is 3.10. The van der Waals surface area contributed by atoms with E-state index in [0.717, 1.165) is 15.6 Å². The maximum atomic E-state index is 5.80. The van der Waals surface area contributed by atoms with Crippen molar-refractivity contribution in [2.75, 3.05) is 18.2 Å². The number of pyridine rings is 1. The first-order valence-corrected chi connectivity index (χ1v) is 5.57. The molecule has 0 aromatic carbocycles. The third-order valence-electron chi connectivity index (χ3n) is 1.33. The minimum Gasteiger partial charge on any atom is -0.396 e. The van der Waals surface area contributed by atoms with E-state index in [1.54, 1.807) is 29.7 Å². The molecular weight excluding hydrogens is 176 g/mol. The zero-order valence-corrected chi connectivity index (χ0v) is 8.13. The third kappa shape index (κ3) is 1.81. The Morgan fingerprint density at radius 2 is 2.09 bits per heavy atom. The molecule has 0 unspecified atom stereocenters. The van der Waals surface area contributed by atoms with E-state index in [9.17, 15) is 0 Å². The van der Waals surface area contributed by atoms with Crippen molar-refractivity contribution in [2.45, 2.75) is 9.92 Å². The van der Waals surface area contributed by atoms with Gasteiger partial charge in [0.05, 0.1) is 5.69 Å². The SMILES string of the molecule is CSc1ccnc(SC)c1N. The fourth-order valence-electron chi connectivity index (χ4n) is 0.778. The molecule has 0 saturated carbocycles. The highest BCUT2D eigenvalue weighted by Crippen LogP contribution is 2.28. The van der Waals surface area contributed by atoms with Crippen LogP contribution in [-0.2, 0) is 0 Å². The van der Waals surface area contributed by atoms with Crippen LogP contribution in [0.4, 0.5) is 5.69 Å². The lowest BCUT2D eigenvalue weighted by molar-refractivity contribution is 1.11. The summed E-state index contributed by atoms with van der Waals surface area (Å²) in [6.07, 6.45) is 5.77. The van der Waals surface area contributed by atoms with E-state index < -0.39 is 0 Å². The summed E-state index contributed by atoms with van der Waals surface area (Å²) in [4.78, 5) is 5.23. The number of nitrogens with two attached hydrogens (primary N) is 1. The summed E-state index contributed by atoms with van der Waals surface area (Å²) in [6, 6.07) is 1.93. The van der Waals surface area contributed by atoms with Gasteiger partial charge in [-0.3, -0.25) is 0 Å². The van der Waals surface area contributed by atoms with Crippen molar-refractivity contribution in [2.24, 2.45) is 0 Å². The van der Waals surface area contributed by atoms with Crippen molar-refractivity contribution in [3.63, 3.8) is 0 Å². The van der Waals surface area contributed by atoms with Crippen LogP contribution in [0.2, 0.25) is 0 Å². The molecule has 11 heavy (non-hydrogen) atoms. The largest absolute Gasteiger partial charge is 0.396 e. The number of nitrogen functional groups attached to an aromatic ring is 1. The molecule has 0 spiro atoms. The molecular formula is C7H10N2S2. The van der Waals surface area contributed by atoms with Crippen LogP contribution in [-0.4, -0.2) is 17.5 Å². The number of nitrogens with zero attached hydrogens (tertiary/aromatic N) is 1. The van der Waals surface area contributed by atoms with Gasteiger partial charge in [-0.25, -0.2) is 4.98 Å². The van der Waals surface area contributed by atoms with Crippen LogP contribution in [0.3, 0.4) is 0 Å². The lowest BCUT2D eigenvalue weighted by Gasteiger charge is -2.04. The monoisotopic (exact) mass is 186 g/mol. The minimum absolute atomic E-state index is 0.799. The van der Waals surface area contributed by atoms with Gasteiger partial charge in [-0.2, -0.15) is 0 Å². The Bertz CT molecular complexity index is 228. The molecule has 1 rings (SSSR count). The average molecular weight is 186 g/mol. The summed E-state index contributed by atoms with van der Waals surface area (Å²) < 4.78 is 0. The molecule has 4 heteroatoms. The molecule has 0 saturated heterocycles. The maximum absolute atomic E-state index is 5.80. The molecule has 1 aromatic rings. The van der Waals surface area contributed by atoms with Gasteiger partial charge in [-0.15, -0.1) is 23.5 Å². The summed E-state index contributed by atoms with van der Waals surface area (Å²) in [7, 11) is 0. The number of thioether (sulfide) groups is 2. The van der Waals surface area contributed by atoms with Gasteiger partial charge >= 0.3 is 0 Å². The van der Waals surface area contributed by atoms with E-state index in [1.807, 2.05) is 18.6 Å². The van der Waals surface area contributed by atoms with Crippen LogP contribution in [0, 0.1) is 0 Å².